The first-order valence-electron chi connectivity index (χ1n) is 8.10. The minimum atomic E-state index is -0.352. The smallest absolute Gasteiger partial charge is 0.289 e. The van der Waals surface area contributed by atoms with Crippen molar-refractivity contribution in [3.8, 4) is 0 Å². The highest BCUT2D eigenvalue weighted by Gasteiger charge is 2.24. The molecule has 1 saturated heterocycles. The van der Waals surface area contributed by atoms with Gasteiger partial charge in [0, 0.05) is 26.2 Å². The van der Waals surface area contributed by atoms with Crippen molar-refractivity contribution in [2.75, 3.05) is 26.2 Å². The summed E-state index contributed by atoms with van der Waals surface area (Å²) in [6.45, 7) is 1.97. The van der Waals surface area contributed by atoms with Gasteiger partial charge in [0.25, 0.3) is 5.91 Å². The molecule has 0 aliphatic carbocycles. The number of furan rings is 1. The third-order valence-electron chi connectivity index (χ3n) is 4.16. The standard InChI is InChI=1S/C18H18ClFN2O3/c19-16-6-5-15(25-16)18(24)22-8-2-7-21(9-10-22)17(23)12-13-3-1-4-14(20)11-13/h1,3-6,11H,2,7-10,12H2. The first-order chi connectivity index (χ1) is 12.0. The number of benzene rings is 1. The second-order valence-corrected chi connectivity index (χ2v) is 6.31. The lowest BCUT2D eigenvalue weighted by molar-refractivity contribution is -0.130. The first-order valence-corrected chi connectivity index (χ1v) is 8.47. The summed E-state index contributed by atoms with van der Waals surface area (Å²) in [5.41, 5.74) is 0.646. The van der Waals surface area contributed by atoms with Crippen LogP contribution >= 0.6 is 11.6 Å². The molecule has 0 spiro atoms. The van der Waals surface area contributed by atoms with Crippen LogP contribution in [-0.2, 0) is 11.2 Å². The van der Waals surface area contributed by atoms with Gasteiger partial charge >= 0.3 is 0 Å². The van der Waals surface area contributed by atoms with Crippen LogP contribution in [0.4, 0.5) is 4.39 Å². The Balaban J connectivity index is 1.59. The van der Waals surface area contributed by atoms with Crippen LogP contribution in [0.5, 0.6) is 0 Å². The number of carbonyl (C=O) groups excluding carboxylic acids is 2. The zero-order chi connectivity index (χ0) is 17.8. The highest BCUT2D eigenvalue weighted by molar-refractivity contribution is 6.29. The van der Waals surface area contributed by atoms with Gasteiger partial charge in [0.1, 0.15) is 5.82 Å². The van der Waals surface area contributed by atoms with Crippen LogP contribution in [0.2, 0.25) is 5.22 Å². The number of rotatable bonds is 3. The van der Waals surface area contributed by atoms with E-state index in [0.717, 1.165) is 0 Å². The van der Waals surface area contributed by atoms with Gasteiger partial charge in [-0.2, -0.15) is 0 Å². The molecule has 0 saturated carbocycles. The number of halogens is 2. The molecule has 1 aromatic carbocycles. The summed E-state index contributed by atoms with van der Waals surface area (Å²) in [5.74, 6) is -0.452. The van der Waals surface area contributed by atoms with Gasteiger partial charge in [0.05, 0.1) is 6.42 Å². The fourth-order valence-corrected chi connectivity index (χ4v) is 3.03. The molecule has 7 heteroatoms. The fraction of sp³-hybridized carbons (Fsp3) is 0.333. The van der Waals surface area contributed by atoms with Crippen LogP contribution in [0.15, 0.2) is 40.8 Å². The maximum absolute atomic E-state index is 13.2. The molecule has 1 aromatic heterocycles. The van der Waals surface area contributed by atoms with Crippen molar-refractivity contribution in [2.45, 2.75) is 12.8 Å². The Kier molecular flexibility index (Phi) is 5.38. The number of carbonyl (C=O) groups is 2. The molecule has 0 N–H and O–H groups in total. The predicted octanol–water partition coefficient (Wildman–Crippen LogP) is 2.99. The molecule has 5 nitrogen and oxygen atoms in total. The van der Waals surface area contributed by atoms with E-state index in [1.807, 2.05) is 0 Å². The second-order valence-electron chi connectivity index (χ2n) is 5.94. The quantitative estimate of drug-likeness (QED) is 0.841. The molecule has 3 rings (SSSR count). The second kappa shape index (κ2) is 7.70. The Morgan fingerprint density at radius 2 is 1.84 bits per heavy atom. The monoisotopic (exact) mass is 364 g/mol. The maximum atomic E-state index is 13.2. The molecule has 25 heavy (non-hydrogen) atoms. The Hall–Kier alpha value is -2.34. The maximum Gasteiger partial charge on any atom is 0.289 e. The number of hydrogen-bond donors (Lipinski definition) is 0. The van der Waals surface area contributed by atoms with Crippen LogP contribution < -0.4 is 0 Å². The van der Waals surface area contributed by atoms with Crippen molar-refractivity contribution in [2.24, 2.45) is 0 Å². The summed E-state index contributed by atoms with van der Waals surface area (Å²) in [6.07, 6.45) is 0.828. The molecule has 0 bridgehead atoms. The van der Waals surface area contributed by atoms with Crippen molar-refractivity contribution in [3.05, 3.63) is 58.8 Å². The SMILES string of the molecule is O=C(Cc1cccc(F)c1)N1CCCN(C(=O)c2ccc(Cl)o2)CC1. The van der Waals surface area contributed by atoms with Gasteiger partial charge in [0.15, 0.2) is 11.0 Å². The fourth-order valence-electron chi connectivity index (χ4n) is 2.89. The van der Waals surface area contributed by atoms with Gasteiger partial charge in [0.2, 0.25) is 5.91 Å². The van der Waals surface area contributed by atoms with Crippen LogP contribution in [0, 0.1) is 5.82 Å². The lowest BCUT2D eigenvalue weighted by atomic mass is 10.1. The van der Waals surface area contributed by atoms with E-state index in [9.17, 15) is 14.0 Å². The summed E-state index contributed by atoms with van der Waals surface area (Å²) >= 11 is 5.71. The highest BCUT2D eigenvalue weighted by atomic mass is 35.5. The average molecular weight is 365 g/mol. The lowest BCUT2D eigenvalue weighted by Gasteiger charge is -2.21. The van der Waals surface area contributed by atoms with Gasteiger partial charge in [-0.25, -0.2) is 4.39 Å². The first kappa shape index (κ1) is 17.5. The molecular weight excluding hydrogens is 347 g/mol. The molecule has 1 aliphatic heterocycles. The number of nitrogens with zero attached hydrogens (tertiary/aromatic N) is 2. The minimum Gasteiger partial charge on any atom is -0.440 e. The van der Waals surface area contributed by atoms with Gasteiger partial charge in [-0.15, -0.1) is 0 Å². The van der Waals surface area contributed by atoms with E-state index in [1.165, 1.54) is 18.2 Å². The number of hydrogen-bond acceptors (Lipinski definition) is 3. The van der Waals surface area contributed by atoms with E-state index in [4.69, 9.17) is 16.0 Å². The Morgan fingerprint density at radius 1 is 1.08 bits per heavy atom. The zero-order valence-electron chi connectivity index (χ0n) is 13.6. The van der Waals surface area contributed by atoms with Crippen molar-refractivity contribution in [1.82, 2.24) is 9.80 Å². The Morgan fingerprint density at radius 3 is 2.56 bits per heavy atom. The third-order valence-corrected chi connectivity index (χ3v) is 4.37. The van der Waals surface area contributed by atoms with Gasteiger partial charge in [-0.3, -0.25) is 9.59 Å². The summed E-state index contributed by atoms with van der Waals surface area (Å²) < 4.78 is 18.4. The van der Waals surface area contributed by atoms with Crippen molar-refractivity contribution in [3.63, 3.8) is 0 Å². The van der Waals surface area contributed by atoms with Gasteiger partial charge < -0.3 is 14.2 Å². The number of amides is 2. The topological polar surface area (TPSA) is 53.8 Å². The molecule has 2 heterocycles. The molecule has 1 aliphatic rings. The van der Waals surface area contributed by atoms with Gasteiger partial charge in [-0.1, -0.05) is 12.1 Å². The summed E-state index contributed by atoms with van der Waals surface area (Å²) in [6, 6.07) is 9.12. The van der Waals surface area contributed by atoms with E-state index in [2.05, 4.69) is 0 Å². The van der Waals surface area contributed by atoms with E-state index in [-0.39, 0.29) is 35.0 Å². The van der Waals surface area contributed by atoms with Crippen molar-refractivity contribution >= 4 is 23.4 Å². The van der Waals surface area contributed by atoms with Crippen molar-refractivity contribution < 1.29 is 18.4 Å². The molecule has 2 amide bonds. The van der Waals surface area contributed by atoms with Crippen molar-refractivity contribution in [1.29, 1.82) is 0 Å². The van der Waals surface area contributed by atoms with Crippen LogP contribution in [-0.4, -0.2) is 47.8 Å². The molecule has 1 fully saturated rings. The lowest BCUT2D eigenvalue weighted by Crippen LogP contribution is -2.37. The average Bonchev–Trinajstić information content (AvgIpc) is 2.87. The normalized spacial score (nSPS) is 15.1. The predicted molar refractivity (Wildman–Crippen MR) is 90.9 cm³/mol. The third kappa shape index (κ3) is 4.39. The molecular formula is C18H18ClFN2O3. The van der Waals surface area contributed by atoms with Crippen LogP contribution in [0.3, 0.4) is 0 Å². The van der Waals surface area contributed by atoms with Gasteiger partial charge in [-0.05, 0) is 47.9 Å². The Bertz CT molecular complexity index is 777. The molecule has 0 radical (unpaired) electrons. The minimum absolute atomic E-state index is 0.0686. The molecule has 2 aromatic rings. The highest BCUT2D eigenvalue weighted by Crippen LogP contribution is 2.16. The van der Waals surface area contributed by atoms with E-state index < -0.39 is 0 Å². The summed E-state index contributed by atoms with van der Waals surface area (Å²) in [4.78, 5) is 28.2. The zero-order valence-corrected chi connectivity index (χ0v) is 14.3. The molecule has 0 unspecified atom stereocenters. The summed E-state index contributed by atoms with van der Waals surface area (Å²) in [7, 11) is 0. The van der Waals surface area contributed by atoms with E-state index in [1.54, 1.807) is 28.0 Å². The largest absolute Gasteiger partial charge is 0.440 e. The van der Waals surface area contributed by atoms with E-state index >= 15 is 0 Å². The molecule has 132 valence electrons. The Labute approximate surface area is 150 Å². The molecule has 0 atom stereocenters. The van der Waals surface area contributed by atoms with Crippen LogP contribution in [0.25, 0.3) is 0 Å². The van der Waals surface area contributed by atoms with Crippen LogP contribution in [0.1, 0.15) is 22.5 Å². The van der Waals surface area contributed by atoms with E-state index in [0.29, 0.717) is 38.2 Å². The summed E-state index contributed by atoms with van der Waals surface area (Å²) in [5, 5.41) is 0.171.